The number of benzene rings is 5. The number of hydrogen-bond donors (Lipinski definition) is 0. The van der Waals surface area contributed by atoms with Gasteiger partial charge in [-0.1, -0.05) is 97.1 Å². The predicted octanol–water partition coefficient (Wildman–Crippen LogP) is 8.27. The van der Waals surface area contributed by atoms with Gasteiger partial charge in [-0.25, -0.2) is 0 Å². The van der Waals surface area contributed by atoms with Crippen LogP contribution in [0.4, 0.5) is 0 Å². The smallest absolute Gasteiger partial charge is 0.0638 e. The highest BCUT2D eigenvalue weighted by Crippen LogP contribution is 2.46. The number of allylic oxidation sites excluding steroid dienone is 1. The Morgan fingerprint density at radius 2 is 1.35 bits per heavy atom. The van der Waals surface area contributed by atoms with Gasteiger partial charge in [0.1, 0.15) is 0 Å². The van der Waals surface area contributed by atoms with Gasteiger partial charge < -0.3 is 0 Å². The van der Waals surface area contributed by atoms with Crippen LogP contribution in [0.1, 0.15) is 34.2 Å². The third-order valence-electron chi connectivity index (χ3n) is 7.51. The van der Waals surface area contributed by atoms with Crippen LogP contribution in [0, 0.1) is 0 Å². The summed E-state index contributed by atoms with van der Waals surface area (Å²) in [4.78, 5) is 4.60. The van der Waals surface area contributed by atoms with Gasteiger partial charge in [0.15, 0.2) is 0 Å². The molecule has 0 aromatic heterocycles. The van der Waals surface area contributed by atoms with Crippen molar-refractivity contribution in [3.8, 4) is 11.1 Å². The zero-order valence-corrected chi connectivity index (χ0v) is 19.1. The predicted molar refractivity (Wildman–Crippen MR) is 145 cm³/mol. The third-order valence-corrected chi connectivity index (χ3v) is 7.51. The first-order valence-electron chi connectivity index (χ1n) is 12.2. The standard InChI is InChI=1S/C33H25N/c1-2-9-23(10-3-1)31-28-12-6-7-13-29(28)32(25-15-14-22-8-4-5-11-24(22)20-25)33-27-18-19-34-21-26(27)16-17-30(31)33/h1-13,16-17,19-20H,14-15,18,21H2. The molecule has 0 atom stereocenters. The van der Waals surface area contributed by atoms with E-state index in [-0.39, 0.29) is 0 Å². The maximum atomic E-state index is 4.60. The molecule has 1 heterocycles. The molecule has 1 aliphatic heterocycles. The lowest BCUT2D eigenvalue weighted by Gasteiger charge is -2.25. The summed E-state index contributed by atoms with van der Waals surface area (Å²) in [7, 11) is 0. The number of aliphatic imine (C=N–C) groups is 1. The number of fused-ring (bicyclic) bond motifs is 5. The van der Waals surface area contributed by atoms with E-state index in [4.69, 9.17) is 0 Å². The van der Waals surface area contributed by atoms with Crippen molar-refractivity contribution in [2.24, 2.45) is 4.99 Å². The molecule has 0 fully saturated rings. The number of rotatable bonds is 2. The van der Waals surface area contributed by atoms with E-state index in [1.165, 1.54) is 66.1 Å². The largest absolute Gasteiger partial charge is 0.292 e. The fourth-order valence-electron chi connectivity index (χ4n) is 5.96. The van der Waals surface area contributed by atoms with E-state index >= 15 is 0 Å². The van der Waals surface area contributed by atoms with Crippen LogP contribution >= 0.6 is 0 Å². The van der Waals surface area contributed by atoms with E-state index in [1.54, 1.807) is 0 Å². The van der Waals surface area contributed by atoms with E-state index in [9.17, 15) is 0 Å². The Bertz CT molecular complexity index is 1640. The number of hydrogen-bond acceptors (Lipinski definition) is 1. The van der Waals surface area contributed by atoms with Gasteiger partial charge in [-0.15, -0.1) is 0 Å². The Morgan fingerprint density at radius 3 is 2.24 bits per heavy atom. The lowest BCUT2D eigenvalue weighted by atomic mass is 9.79. The first-order valence-corrected chi connectivity index (χ1v) is 12.2. The lowest BCUT2D eigenvalue weighted by molar-refractivity contribution is 1.00. The lowest BCUT2D eigenvalue weighted by Crippen LogP contribution is -2.06. The van der Waals surface area contributed by atoms with Crippen LogP contribution in [0.25, 0.3) is 44.3 Å². The van der Waals surface area contributed by atoms with Crippen LogP contribution in [0.15, 0.2) is 96.0 Å². The average molecular weight is 436 g/mol. The molecule has 0 bridgehead atoms. The molecule has 0 amide bonds. The summed E-state index contributed by atoms with van der Waals surface area (Å²) in [5, 5.41) is 5.47. The molecular formula is C33H25N. The quantitative estimate of drug-likeness (QED) is 0.247. The summed E-state index contributed by atoms with van der Waals surface area (Å²) >= 11 is 0. The molecule has 34 heavy (non-hydrogen) atoms. The van der Waals surface area contributed by atoms with Gasteiger partial charge in [-0.3, -0.25) is 4.99 Å². The Balaban J connectivity index is 1.66. The van der Waals surface area contributed by atoms with E-state index in [1.807, 2.05) is 0 Å². The van der Waals surface area contributed by atoms with Crippen LogP contribution in [-0.4, -0.2) is 6.21 Å². The Hall–Kier alpha value is -3.97. The molecule has 0 N–H and O–H groups in total. The van der Waals surface area contributed by atoms with Crippen molar-refractivity contribution in [2.45, 2.75) is 25.8 Å². The van der Waals surface area contributed by atoms with Crippen molar-refractivity contribution < 1.29 is 0 Å². The van der Waals surface area contributed by atoms with Crippen molar-refractivity contribution in [3.63, 3.8) is 0 Å². The summed E-state index contributed by atoms with van der Waals surface area (Å²) in [5.74, 6) is 0. The molecule has 5 aromatic carbocycles. The normalized spacial score (nSPS) is 14.6. The molecule has 1 aliphatic carbocycles. The average Bonchev–Trinajstić information content (AvgIpc) is 2.91. The SMILES string of the molecule is C1=NCc2ccc3c(-c4ccccc4)c4ccccc4c(C4=Cc5ccccc5CC4)c3c2C1. The van der Waals surface area contributed by atoms with Crippen LogP contribution in [0.5, 0.6) is 0 Å². The monoisotopic (exact) mass is 435 g/mol. The molecule has 1 heteroatoms. The molecule has 1 nitrogen and oxygen atoms in total. The summed E-state index contributed by atoms with van der Waals surface area (Å²) in [6.07, 6.45) is 7.61. The van der Waals surface area contributed by atoms with Gasteiger partial charge in [0.25, 0.3) is 0 Å². The zero-order chi connectivity index (χ0) is 22.5. The number of nitrogens with zero attached hydrogens (tertiary/aromatic N) is 1. The summed E-state index contributed by atoms with van der Waals surface area (Å²) in [5.41, 5.74) is 11.1. The first kappa shape index (κ1) is 19.5. The topological polar surface area (TPSA) is 12.4 Å². The maximum Gasteiger partial charge on any atom is 0.0638 e. The molecule has 0 spiro atoms. The Labute approximate surface area is 200 Å². The Morgan fingerprint density at radius 1 is 0.588 bits per heavy atom. The molecule has 7 rings (SSSR count). The molecular weight excluding hydrogens is 410 g/mol. The van der Waals surface area contributed by atoms with Gasteiger partial charge in [-0.05, 0) is 78.9 Å². The second-order valence-corrected chi connectivity index (χ2v) is 9.38. The zero-order valence-electron chi connectivity index (χ0n) is 19.1. The summed E-state index contributed by atoms with van der Waals surface area (Å²) < 4.78 is 0. The van der Waals surface area contributed by atoms with Crippen LogP contribution in [-0.2, 0) is 19.4 Å². The maximum absolute atomic E-state index is 4.60. The van der Waals surface area contributed by atoms with Crippen molar-refractivity contribution in [1.82, 2.24) is 0 Å². The second-order valence-electron chi connectivity index (χ2n) is 9.38. The minimum Gasteiger partial charge on any atom is -0.292 e. The summed E-state index contributed by atoms with van der Waals surface area (Å²) in [6.45, 7) is 0.778. The minimum atomic E-state index is 0.778. The van der Waals surface area contributed by atoms with Gasteiger partial charge in [-0.2, -0.15) is 0 Å². The van der Waals surface area contributed by atoms with Crippen molar-refractivity contribution in [1.29, 1.82) is 0 Å². The van der Waals surface area contributed by atoms with Crippen molar-refractivity contribution in [2.75, 3.05) is 0 Å². The summed E-state index contributed by atoms with van der Waals surface area (Å²) in [6, 6.07) is 33.4. The van der Waals surface area contributed by atoms with Crippen molar-refractivity contribution in [3.05, 3.63) is 119 Å². The van der Waals surface area contributed by atoms with E-state index in [0.29, 0.717) is 0 Å². The van der Waals surface area contributed by atoms with E-state index < -0.39 is 0 Å². The van der Waals surface area contributed by atoms with E-state index in [0.717, 1.165) is 25.8 Å². The fraction of sp³-hybridized carbons (Fsp3) is 0.121. The number of aryl methyl sites for hydroxylation is 1. The molecule has 2 aliphatic rings. The molecule has 0 saturated carbocycles. The van der Waals surface area contributed by atoms with Gasteiger partial charge in [0.2, 0.25) is 0 Å². The third kappa shape index (κ3) is 2.97. The second kappa shape index (κ2) is 7.81. The van der Waals surface area contributed by atoms with E-state index in [2.05, 4.69) is 108 Å². The van der Waals surface area contributed by atoms with Gasteiger partial charge in [0.05, 0.1) is 6.54 Å². The molecule has 0 saturated heterocycles. The first-order chi connectivity index (χ1) is 16.9. The molecule has 5 aromatic rings. The Kier molecular flexibility index (Phi) is 4.48. The fourth-order valence-corrected chi connectivity index (χ4v) is 5.96. The highest BCUT2D eigenvalue weighted by atomic mass is 14.7. The highest BCUT2D eigenvalue weighted by molar-refractivity contribution is 6.21. The van der Waals surface area contributed by atoms with Crippen LogP contribution in [0.3, 0.4) is 0 Å². The molecule has 0 unspecified atom stereocenters. The van der Waals surface area contributed by atoms with Crippen molar-refractivity contribution >= 4 is 39.4 Å². The molecule has 162 valence electrons. The highest BCUT2D eigenvalue weighted by Gasteiger charge is 2.23. The minimum absolute atomic E-state index is 0.778. The van der Waals surface area contributed by atoms with Gasteiger partial charge >= 0.3 is 0 Å². The van der Waals surface area contributed by atoms with Crippen LogP contribution in [0.2, 0.25) is 0 Å². The van der Waals surface area contributed by atoms with Gasteiger partial charge in [0, 0.05) is 12.6 Å². The van der Waals surface area contributed by atoms with Crippen LogP contribution < -0.4 is 0 Å². The molecule has 0 radical (unpaired) electrons.